The number of nitrogens with one attached hydrogen (secondary N) is 2. The van der Waals surface area contributed by atoms with E-state index in [2.05, 4.69) is 10.3 Å². The second kappa shape index (κ2) is 5.06. The molecule has 2 heterocycles. The first-order valence-corrected chi connectivity index (χ1v) is 6.11. The summed E-state index contributed by atoms with van der Waals surface area (Å²) in [6.07, 6.45) is 3.06. The summed E-state index contributed by atoms with van der Waals surface area (Å²) < 4.78 is 11.1. The molecular formula is C14H14N2O3. The third-order valence-corrected chi connectivity index (χ3v) is 2.93. The van der Waals surface area contributed by atoms with Crippen molar-refractivity contribution >= 4 is 5.91 Å². The molecule has 0 saturated heterocycles. The zero-order valence-corrected chi connectivity index (χ0v) is 10.3. The highest BCUT2D eigenvalue weighted by atomic mass is 16.6. The molecule has 1 aliphatic heterocycles. The Labute approximate surface area is 110 Å². The van der Waals surface area contributed by atoms with Gasteiger partial charge >= 0.3 is 0 Å². The summed E-state index contributed by atoms with van der Waals surface area (Å²) in [7, 11) is 0. The smallest absolute Gasteiger partial charge is 0.264 e. The summed E-state index contributed by atoms with van der Waals surface area (Å²) in [4.78, 5) is 14.9. The van der Waals surface area contributed by atoms with Gasteiger partial charge in [-0.25, -0.2) is 0 Å². The number of carbonyl (C=O) groups is 1. The molecule has 1 aromatic carbocycles. The molecule has 19 heavy (non-hydrogen) atoms. The molecule has 1 aromatic heterocycles. The monoisotopic (exact) mass is 258 g/mol. The molecule has 5 heteroatoms. The Balaban J connectivity index is 1.60. The minimum absolute atomic E-state index is 0.171. The van der Waals surface area contributed by atoms with E-state index in [0.29, 0.717) is 18.0 Å². The fourth-order valence-electron chi connectivity index (χ4n) is 1.92. The van der Waals surface area contributed by atoms with Crippen LogP contribution in [0.15, 0.2) is 42.7 Å². The number of carbonyl (C=O) groups excluding carboxylic acids is 1. The van der Waals surface area contributed by atoms with E-state index >= 15 is 0 Å². The number of hydrogen-bond acceptors (Lipinski definition) is 3. The first-order chi connectivity index (χ1) is 9.33. The van der Waals surface area contributed by atoms with Gasteiger partial charge in [0.15, 0.2) is 11.5 Å². The molecule has 1 unspecified atom stereocenters. The Morgan fingerprint density at radius 1 is 1.32 bits per heavy atom. The maximum absolute atomic E-state index is 12.0. The van der Waals surface area contributed by atoms with Gasteiger partial charge in [-0.1, -0.05) is 12.1 Å². The number of aromatic nitrogens is 1. The lowest BCUT2D eigenvalue weighted by Gasteiger charge is -2.25. The first kappa shape index (κ1) is 11.6. The van der Waals surface area contributed by atoms with Crippen molar-refractivity contribution in [2.24, 2.45) is 0 Å². The molecular weight excluding hydrogens is 244 g/mol. The molecule has 98 valence electrons. The molecule has 1 aliphatic rings. The number of amides is 1. The van der Waals surface area contributed by atoms with Gasteiger partial charge in [0.05, 0.1) is 0 Å². The number of hydrogen-bond donors (Lipinski definition) is 2. The summed E-state index contributed by atoms with van der Waals surface area (Å²) >= 11 is 0. The summed E-state index contributed by atoms with van der Waals surface area (Å²) in [6.45, 7) is 0.708. The van der Waals surface area contributed by atoms with Crippen LogP contribution >= 0.6 is 0 Å². The van der Waals surface area contributed by atoms with E-state index in [1.165, 1.54) is 0 Å². The minimum Gasteiger partial charge on any atom is -0.485 e. The van der Waals surface area contributed by atoms with Gasteiger partial charge in [0, 0.05) is 18.9 Å². The third-order valence-electron chi connectivity index (χ3n) is 2.93. The van der Waals surface area contributed by atoms with Gasteiger partial charge in [-0.15, -0.1) is 0 Å². The maximum atomic E-state index is 12.0. The van der Waals surface area contributed by atoms with Gasteiger partial charge in [-0.3, -0.25) is 4.79 Å². The third kappa shape index (κ3) is 2.54. The van der Waals surface area contributed by atoms with Gasteiger partial charge in [-0.05, 0) is 23.8 Å². The first-order valence-electron chi connectivity index (χ1n) is 6.11. The number of para-hydroxylation sites is 2. The molecule has 0 saturated carbocycles. The molecule has 2 N–H and O–H groups in total. The van der Waals surface area contributed by atoms with Crippen LogP contribution in [0.3, 0.4) is 0 Å². The maximum Gasteiger partial charge on any atom is 0.264 e. The average molecular weight is 258 g/mol. The van der Waals surface area contributed by atoms with Crippen LogP contribution in [0.25, 0.3) is 0 Å². The van der Waals surface area contributed by atoms with Crippen LogP contribution in [0.1, 0.15) is 5.56 Å². The Bertz CT molecular complexity index is 566. The van der Waals surface area contributed by atoms with E-state index in [-0.39, 0.29) is 12.5 Å². The molecule has 2 aromatic rings. The van der Waals surface area contributed by atoms with Crippen LogP contribution in [-0.2, 0) is 11.3 Å². The van der Waals surface area contributed by atoms with E-state index < -0.39 is 6.10 Å². The van der Waals surface area contributed by atoms with Crippen LogP contribution in [0, 0.1) is 0 Å². The zero-order valence-electron chi connectivity index (χ0n) is 10.3. The van der Waals surface area contributed by atoms with Crippen molar-refractivity contribution in [3.05, 3.63) is 48.3 Å². The fraction of sp³-hybridized carbons (Fsp3) is 0.214. The van der Waals surface area contributed by atoms with E-state index in [9.17, 15) is 4.79 Å². The number of fused-ring (bicyclic) bond motifs is 1. The Hall–Kier alpha value is -2.43. The number of benzene rings is 1. The predicted molar refractivity (Wildman–Crippen MR) is 69.0 cm³/mol. The van der Waals surface area contributed by atoms with E-state index in [4.69, 9.17) is 9.47 Å². The number of rotatable bonds is 3. The van der Waals surface area contributed by atoms with Gasteiger partial charge in [-0.2, -0.15) is 0 Å². The van der Waals surface area contributed by atoms with Crippen molar-refractivity contribution in [3.8, 4) is 11.5 Å². The van der Waals surface area contributed by atoms with Crippen LogP contribution in [0.5, 0.6) is 11.5 Å². The lowest BCUT2D eigenvalue weighted by atomic mass is 10.2. The summed E-state index contributed by atoms with van der Waals surface area (Å²) in [5.74, 6) is 1.11. The normalized spacial score (nSPS) is 16.9. The van der Waals surface area contributed by atoms with E-state index in [0.717, 1.165) is 5.56 Å². The highest BCUT2D eigenvalue weighted by Crippen LogP contribution is 2.30. The molecule has 3 rings (SSSR count). The lowest BCUT2D eigenvalue weighted by Crippen LogP contribution is -2.43. The molecule has 0 fully saturated rings. The number of aromatic amines is 1. The van der Waals surface area contributed by atoms with Gasteiger partial charge < -0.3 is 19.8 Å². The second-order valence-corrected chi connectivity index (χ2v) is 4.30. The van der Waals surface area contributed by atoms with Crippen LogP contribution in [-0.4, -0.2) is 23.6 Å². The highest BCUT2D eigenvalue weighted by molar-refractivity contribution is 5.81. The van der Waals surface area contributed by atoms with Gasteiger partial charge in [0.25, 0.3) is 5.91 Å². The predicted octanol–water partition coefficient (Wildman–Crippen LogP) is 1.47. The number of H-pyrrole nitrogens is 1. The molecule has 1 amide bonds. The van der Waals surface area contributed by atoms with Crippen molar-refractivity contribution in [2.45, 2.75) is 12.6 Å². The number of ether oxygens (including phenoxy) is 2. The van der Waals surface area contributed by atoms with Crippen molar-refractivity contribution in [1.82, 2.24) is 10.3 Å². The summed E-state index contributed by atoms with van der Waals surface area (Å²) in [5.41, 5.74) is 1.02. The minimum atomic E-state index is -0.603. The highest BCUT2D eigenvalue weighted by Gasteiger charge is 2.26. The molecule has 5 nitrogen and oxygen atoms in total. The van der Waals surface area contributed by atoms with E-state index in [1.807, 2.05) is 36.7 Å². The molecule has 0 spiro atoms. The Morgan fingerprint density at radius 3 is 2.95 bits per heavy atom. The summed E-state index contributed by atoms with van der Waals surface area (Å²) in [6, 6.07) is 9.24. The van der Waals surface area contributed by atoms with Crippen LogP contribution in [0.2, 0.25) is 0 Å². The quantitative estimate of drug-likeness (QED) is 0.876. The Kier molecular flexibility index (Phi) is 3.10. The van der Waals surface area contributed by atoms with Crippen LogP contribution in [0.4, 0.5) is 0 Å². The average Bonchev–Trinajstić information content (AvgIpc) is 2.97. The second-order valence-electron chi connectivity index (χ2n) is 4.30. The topological polar surface area (TPSA) is 63.4 Å². The SMILES string of the molecule is O=C(NCc1cc[nH]c1)C1COc2ccccc2O1. The molecule has 0 bridgehead atoms. The van der Waals surface area contributed by atoms with Crippen molar-refractivity contribution in [3.63, 3.8) is 0 Å². The lowest BCUT2D eigenvalue weighted by molar-refractivity contribution is -0.130. The standard InChI is InChI=1S/C14H14N2O3/c17-14(16-8-10-5-6-15-7-10)13-9-18-11-3-1-2-4-12(11)19-13/h1-7,13,15H,8-9H2,(H,16,17). The summed E-state index contributed by atoms with van der Waals surface area (Å²) in [5, 5.41) is 2.82. The zero-order chi connectivity index (χ0) is 13.1. The Morgan fingerprint density at radius 2 is 2.16 bits per heavy atom. The largest absolute Gasteiger partial charge is 0.485 e. The fourth-order valence-corrected chi connectivity index (χ4v) is 1.92. The molecule has 1 atom stereocenters. The van der Waals surface area contributed by atoms with E-state index in [1.54, 1.807) is 6.07 Å². The van der Waals surface area contributed by atoms with Gasteiger partial charge in [0.1, 0.15) is 6.61 Å². The van der Waals surface area contributed by atoms with Crippen molar-refractivity contribution < 1.29 is 14.3 Å². The molecule has 0 aliphatic carbocycles. The van der Waals surface area contributed by atoms with Gasteiger partial charge in [0.2, 0.25) is 6.10 Å². The van der Waals surface area contributed by atoms with Crippen molar-refractivity contribution in [1.29, 1.82) is 0 Å². The molecule has 0 radical (unpaired) electrons. The van der Waals surface area contributed by atoms with Crippen LogP contribution < -0.4 is 14.8 Å². The van der Waals surface area contributed by atoms with Crippen molar-refractivity contribution in [2.75, 3.05) is 6.61 Å².